The molecule has 0 aliphatic heterocycles. The van der Waals surface area contributed by atoms with Crippen LogP contribution < -0.4 is 11.1 Å². The van der Waals surface area contributed by atoms with Gasteiger partial charge >= 0.3 is 0 Å². The van der Waals surface area contributed by atoms with Crippen LogP contribution in [0.15, 0.2) is 30.3 Å². The maximum atomic E-state index is 11.9. The fourth-order valence-corrected chi connectivity index (χ4v) is 3.21. The molecule has 1 aliphatic rings. The van der Waals surface area contributed by atoms with Crippen LogP contribution in [0.2, 0.25) is 0 Å². The molecule has 3 nitrogen and oxygen atoms in total. The van der Waals surface area contributed by atoms with Crippen LogP contribution in [-0.2, 0) is 4.79 Å². The van der Waals surface area contributed by atoms with E-state index in [4.69, 9.17) is 5.73 Å². The molecule has 0 bridgehead atoms. The normalized spacial score (nSPS) is 22.9. The molecule has 0 aromatic heterocycles. The van der Waals surface area contributed by atoms with E-state index < -0.39 is 0 Å². The lowest BCUT2D eigenvalue weighted by Crippen LogP contribution is -2.37. The fourth-order valence-electron chi connectivity index (χ4n) is 2.47. The lowest BCUT2D eigenvalue weighted by molar-refractivity contribution is -0.117. The van der Waals surface area contributed by atoms with Gasteiger partial charge in [0.2, 0.25) is 5.91 Å². The molecular weight excluding hydrogens is 268 g/mol. The number of carbonyl (C=O) groups is 1. The van der Waals surface area contributed by atoms with Crippen molar-refractivity contribution in [2.45, 2.75) is 37.0 Å². The molecule has 1 aromatic rings. The van der Waals surface area contributed by atoms with Crippen molar-refractivity contribution in [3.8, 4) is 0 Å². The Labute approximate surface area is 125 Å². The van der Waals surface area contributed by atoms with Crippen LogP contribution in [0.5, 0.6) is 0 Å². The Hall–Kier alpha value is -1.42. The second kappa shape index (κ2) is 7.39. The zero-order valence-electron chi connectivity index (χ0n) is 11.8. The van der Waals surface area contributed by atoms with E-state index in [1.54, 1.807) is 6.08 Å². The van der Waals surface area contributed by atoms with E-state index >= 15 is 0 Å². The van der Waals surface area contributed by atoms with Crippen molar-refractivity contribution in [3.05, 3.63) is 35.9 Å². The van der Waals surface area contributed by atoms with Crippen LogP contribution in [0, 0.1) is 0 Å². The number of nitrogens with one attached hydrogen (secondary N) is 1. The van der Waals surface area contributed by atoms with Gasteiger partial charge in [-0.2, -0.15) is 11.8 Å². The van der Waals surface area contributed by atoms with Gasteiger partial charge in [0, 0.05) is 23.1 Å². The van der Waals surface area contributed by atoms with Gasteiger partial charge in [-0.15, -0.1) is 0 Å². The minimum atomic E-state index is -0.00516. The predicted molar refractivity (Wildman–Crippen MR) is 87.6 cm³/mol. The molecule has 0 saturated heterocycles. The Bertz CT molecular complexity index is 462. The van der Waals surface area contributed by atoms with Crippen molar-refractivity contribution in [1.82, 2.24) is 5.32 Å². The highest BCUT2D eigenvalue weighted by atomic mass is 32.2. The molecular formula is C16H22N2OS. The molecule has 20 heavy (non-hydrogen) atoms. The number of anilines is 1. The highest BCUT2D eigenvalue weighted by molar-refractivity contribution is 7.99. The number of thioether (sulfide) groups is 1. The van der Waals surface area contributed by atoms with Crippen molar-refractivity contribution in [3.63, 3.8) is 0 Å². The van der Waals surface area contributed by atoms with Crippen LogP contribution in [0.3, 0.4) is 0 Å². The molecule has 2 rings (SSSR count). The van der Waals surface area contributed by atoms with Crippen LogP contribution in [-0.4, -0.2) is 23.5 Å². The summed E-state index contributed by atoms with van der Waals surface area (Å²) in [6.45, 7) is 0. The van der Waals surface area contributed by atoms with Gasteiger partial charge in [0.25, 0.3) is 0 Å². The molecule has 1 aliphatic carbocycles. The highest BCUT2D eigenvalue weighted by Gasteiger charge is 2.20. The number of hydrogen-bond acceptors (Lipinski definition) is 3. The van der Waals surface area contributed by atoms with Crippen molar-refractivity contribution >= 4 is 29.4 Å². The third-order valence-corrected chi connectivity index (χ3v) is 4.86. The Kier molecular flexibility index (Phi) is 5.53. The SMILES string of the molecule is CSC1CCC(NC(=O)/C=C/c2ccc(N)cc2)CC1. The van der Waals surface area contributed by atoms with E-state index in [0.29, 0.717) is 6.04 Å². The van der Waals surface area contributed by atoms with Gasteiger partial charge in [0.15, 0.2) is 0 Å². The zero-order valence-corrected chi connectivity index (χ0v) is 12.7. The van der Waals surface area contributed by atoms with Crippen molar-refractivity contribution in [2.24, 2.45) is 0 Å². The van der Waals surface area contributed by atoms with Gasteiger partial charge in [-0.1, -0.05) is 12.1 Å². The minimum Gasteiger partial charge on any atom is -0.399 e. The first-order chi connectivity index (χ1) is 9.67. The molecule has 1 amide bonds. The summed E-state index contributed by atoms with van der Waals surface area (Å²) in [4.78, 5) is 11.9. The number of nitrogens with two attached hydrogens (primary N) is 1. The molecule has 4 heteroatoms. The average Bonchev–Trinajstić information content (AvgIpc) is 2.47. The molecule has 0 radical (unpaired) electrons. The first-order valence-electron chi connectivity index (χ1n) is 7.04. The first-order valence-corrected chi connectivity index (χ1v) is 8.33. The summed E-state index contributed by atoms with van der Waals surface area (Å²) in [5, 5.41) is 3.86. The summed E-state index contributed by atoms with van der Waals surface area (Å²) >= 11 is 1.94. The van der Waals surface area contributed by atoms with Crippen LogP contribution >= 0.6 is 11.8 Å². The number of rotatable bonds is 4. The summed E-state index contributed by atoms with van der Waals surface area (Å²) in [6.07, 6.45) is 10.2. The van der Waals surface area contributed by atoms with Gasteiger partial charge in [-0.3, -0.25) is 4.79 Å². The van der Waals surface area contributed by atoms with Gasteiger partial charge < -0.3 is 11.1 Å². The first kappa shape index (κ1) is 15.0. The fraction of sp³-hybridized carbons (Fsp3) is 0.438. The number of nitrogen functional groups attached to an aromatic ring is 1. The Morgan fingerprint density at radius 2 is 1.90 bits per heavy atom. The largest absolute Gasteiger partial charge is 0.399 e. The zero-order chi connectivity index (χ0) is 14.4. The summed E-state index contributed by atoms with van der Waals surface area (Å²) < 4.78 is 0. The van der Waals surface area contributed by atoms with Gasteiger partial charge in [-0.25, -0.2) is 0 Å². The van der Waals surface area contributed by atoms with Crippen molar-refractivity contribution in [1.29, 1.82) is 0 Å². The Morgan fingerprint density at radius 3 is 2.50 bits per heavy atom. The molecule has 1 aromatic carbocycles. The third kappa shape index (κ3) is 4.60. The topological polar surface area (TPSA) is 55.1 Å². The quantitative estimate of drug-likeness (QED) is 0.662. The van der Waals surface area contributed by atoms with Gasteiger partial charge in [0.1, 0.15) is 0 Å². The van der Waals surface area contributed by atoms with Crippen LogP contribution in [0.25, 0.3) is 6.08 Å². The standard InChI is InChI=1S/C16H22N2OS/c1-20-15-9-7-14(8-10-15)18-16(19)11-4-12-2-5-13(17)6-3-12/h2-6,11,14-15H,7-10,17H2,1H3,(H,18,19)/b11-4+. The van der Waals surface area contributed by atoms with E-state index in [0.717, 1.165) is 29.3 Å². The predicted octanol–water partition coefficient (Wildman–Crippen LogP) is 3.07. The van der Waals surface area contributed by atoms with E-state index in [-0.39, 0.29) is 5.91 Å². The monoisotopic (exact) mass is 290 g/mol. The summed E-state index contributed by atoms with van der Waals surface area (Å²) in [7, 11) is 0. The summed E-state index contributed by atoms with van der Waals surface area (Å²) in [5.74, 6) is -0.00516. The minimum absolute atomic E-state index is 0.00516. The molecule has 1 fully saturated rings. The molecule has 0 spiro atoms. The van der Waals surface area contributed by atoms with E-state index in [1.807, 2.05) is 42.1 Å². The Morgan fingerprint density at radius 1 is 1.25 bits per heavy atom. The molecule has 108 valence electrons. The van der Waals surface area contributed by atoms with Gasteiger partial charge in [-0.05, 0) is 55.7 Å². The number of hydrogen-bond donors (Lipinski definition) is 2. The maximum Gasteiger partial charge on any atom is 0.244 e. The lowest BCUT2D eigenvalue weighted by Gasteiger charge is -2.27. The van der Waals surface area contributed by atoms with Gasteiger partial charge in [0.05, 0.1) is 0 Å². The van der Waals surface area contributed by atoms with Crippen LogP contribution in [0.4, 0.5) is 5.69 Å². The molecule has 3 N–H and O–H groups in total. The van der Waals surface area contributed by atoms with Crippen molar-refractivity contribution < 1.29 is 4.79 Å². The lowest BCUT2D eigenvalue weighted by atomic mass is 9.95. The van der Waals surface area contributed by atoms with E-state index in [9.17, 15) is 4.79 Å². The second-order valence-corrected chi connectivity index (χ2v) is 6.36. The Balaban J connectivity index is 1.79. The smallest absolute Gasteiger partial charge is 0.244 e. The molecule has 1 saturated carbocycles. The second-order valence-electron chi connectivity index (χ2n) is 5.22. The van der Waals surface area contributed by atoms with E-state index in [2.05, 4.69) is 11.6 Å². The van der Waals surface area contributed by atoms with Crippen LogP contribution in [0.1, 0.15) is 31.2 Å². The maximum absolute atomic E-state index is 11.9. The highest BCUT2D eigenvalue weighted by Crippen LogP contribution is 2.26. The number of amides is 1. The number of carbonyl (C=O) groups excluding carboxylic acids is 1. The molecule has 0 atom stereocenters. The number of benzene rings is 1. The summed E-state index contributed by atoms with van der Waals surface area (Å²) in [6, 6.07) is 7.82. The van der Waals surface area contributed by atoms with Crippen molar-refractivity contribution in [2.75, 3.05) is 12.0 Å². The van der Waals surface area contributed by atoms with E-state index in [1.165, 1.54) is 12.8 Å². The third-order valence-electron chi connectivity index (χ3n) is 3.72. The molecule has 0 heterocycles. The average molecular weight is 290 g/mol. The summed E-state index contributed by atoms with van der Waals surface area (Å²) in [5.41, 5.74) is 7.34. The molecule has 0 unspecified atom stereocenters.